The monoisotopic (exact) mass is 262 g/mol. The van der Waals surface area contributed by atoms with Gasteiger partial charge in [0.05, 0.1) is 11.4 Å². The Morgan fingerprint density at radius 3 is 2.15 bits per heavy atom. The van der Waals surface area contributed by atoms with Crippen molar-refractivity contribution in [3.8, 4) is 5.69 Å². The average Bonchev–Trinajstić information content (AvgIpc) is 2.90. The highest BCUT2D eigenvalue weighted by atomic mass is 15.3. The van der Waals surface area contributed by atoms with Gasteiger partial charge in [-0.2, -0.15) is 5.10 Å². The highest BCUT2D eigenvalue weighted by Crippen LogP contribution is 2.24. The Bertz CT molecular complexity index is 684. The van der Waals surface area contributed by atoms with Crippen molar-refractivity contribution in [1.82, 2.24) is 9.78 Å². The number of aromatic nitrogens is 2. The van der Waals surface area contributed by atoms with Gasteiger partial charge < -0.3 is 0 Å². The topological polar surface area (TPSA) is 17.8 Å². The molecule has 100 valence electrons. The first-order valence-corrected chi connectivity index (χ1v) is 6.92. The zero-order chi connectivity index (χ0) is 13.9. The van der Waals surface area contributed by atoms with Crippen LogP contribution < -0.4 is 0 Å². The van der Waals surface area contributed by atoms with E-state index in [4.69, 9.17) is 5.10 Å². The second kappa shape index (κ2) is 5.33. The molecule has 1 atom stereocenters. The number of nitrogens with zero attached hydrogens (tertiary/aromatic N) is 2. The third-order valence-electron chi connectivity index (χ3n) is 3.65. The van der Waals surface area contributed by atoms with Crippen molar-refractivity contribution in [3.63, 3.8) is 0 Å². The lowest BCUT2D eigenvalue weighted by Gasteiger charge is -2.08. The molecule has 2 heteroatoms. The fourth-order valence-electron chi connectivity index (χ4n) is 2.45. The van der Waals surface area contributed by atoms with Gasteiger partial charge in [0.25, 0.3) is 0 Å². The summed E-state index contributed by atoms with van der Waals surface area (Å²) in [5.41, 5.74) is 4.67. The van der Waals surface area contributed by atoms with Crippen molar-refractivity contribution >= 4 is 0 Å². The molecule has 20 heavy (non-hydrogen) atoms. The standard InChI is InChI=1S/C18H18N2/c1-14-13-18(15(2)16-9-5-3-6-10-16)19-20(14)17-11-7-4-8-12-17/h3-13,15H,1-2H3. The van der Waals surface area contributed by atoms with Gasteiger partial charge in [-0.05, 0) is 30.7 Å². The molecule has 0 saturated carbocycles. The maximum Gasteiger partial charge on any atom is 0.0703 e. The SMILES string of the molecule is Cc1cc(C(C)c2ccccc2)nn1-c1ccccc1. The molecule has 0 fully saturated rings. The second-order valence-electron chi connectivity index (χ2n) is 5.09. The van der Waals surface area contributed by atoms with E-state index in [1.807, 2.05) is 28.9 Å². The van der Waals surface area contributed by atoms with Gasteiger partial charge in [-0.3, -0.25) is 0 Å². The first-order valence-electron chi connectivity index (χ1n) is 6.92. The van der Waals surface area contributed by atoms with Crippen LogP contribution in [0.2, 0.25) is 0 Å². The molecule has 0 bridgehead atoms. The third kappa shape index (κ3) is 2.37. The van der Waals surface area contributed by atoms with E-state index in [0.29, 0.717) is 5.92 Å². The molecule has 1 unspecified atom stereocenters. The molecule has 0 radical (unpaired) electrons. The second-order valence-corrected chi connectivity index (χ2v) is 5.09. The van der Waals surface area contributed by atoms with Crippen LogP contribution in [0.4, 0.5) is 0 Å². The Morgan fingerprint density at radius 2 is 1.50 bits per heavy atom. The first-order chi connectivity index (χ1) is 9.75. The van der Waals surface area contributed by atoms with Crippen molar-refractivity contribution in [1.29, 1.82) is 0 Å². The molecule has 0 saturated heterocycles. The van der Waals surface area contributed by atoms with Crippen LogP contribution in [-0.4, -0.2) is 9.78 Å². The fourth-order valence-corrected chi connectivity index (χ4v) is 2.45. The minimum atomic E-state index is 0.305. The number of hydrogen-bond donors (Lipinski definition) is 0. The summed E-state index contributed by atoms with van der Waals surface area (Å²) in [6.45, 7) is 4.30. The van der Waals surface area contributed by atoms with Crippen LogP contribution in [0.15, 0.2) is 66.7 Å². The lowest BCUT2D eigenvalue weighted by Crippen LogP contribution is -2.01. The maximum absolute atomic E-state index is 4.77. The van der Waals surface area contributed by atoms with E-state index in [2.05, 4.69) is 56.3 Å². The van der Waals surface area contributed by atoms with Gasteiger partial charge >= 0.3 is 0 Å². The van der Waals surface area contributed by atoms with Gasteiger partial charge in [0, 0.05) is 11.6 Å². The van der Waals surface area contributed by atoms with Crippen LogP contribution in [0, 0.1) is 6.92 Å². The summed E-state index contributed by atoms with van der Waals surface area (Å²) in [4.78, 5) is 0. The molecular weight excluding hydrogens is 244 g/mol. The minimum Gasteiger partial charge on any atom is -0.238 e. The Hall–Kier alpha value is -2.35. The summed E-state index contributed by atoms with van der Waals surface area (Å²) in [7, 11) is 0. The maximum atomic E-state index is 4.77. The van der Waals surface area contributed by atoms with Crippen LogP contribution in [0.5, 0.6) is 0 Å². The fraction of sp³-hybridized carbons (Fsp3) is 0.167. The molecule has 3 aromatic rings. The van der Waals surface area contributed by atoms with Crippen LogP contribution in [0.25, 0.3) is 5.69 Å². The Balaban J connectivity index is 1.97. The van der Waals surface area contributed by atoms with Crippen LogP contribution in [0.3, 0.4) is 0 Å². The Labute approximate surface area is 119 Å². The molecule has 3 rings (SSSR count). The van der Waals surface area contributed by atoms with E-state index in [-0.39, 0.29) is 0 Å². The molecule has 0 aliphatic rings. The summed E-state index contributed by atoms with van der Waals surface area (Å²) in [5, 5.41) is 4.77. The van der Waals surface area contributed by atoms with Gasteiger partial charge in [-0.1, -0.05) is 55.5 Å². The number of rotatable bonds is 3. The average molecular weight is 262 g/mol. The predicted octanol–water partition coefficient (Wildman–Crippen LogP) is 4.33. The zero-order valence-corrected chi connectivity index (χ0v) is 11.8. The van der Waals surface area contributed by atoms with Gasteiger partial charge in [-0.25, -0.2) is 4.68 Å². The molecule has 0 aliphatic carbocycles. The Morgan fingerprint density at radius 1 is 0.900 bits per heavy atom. The van der Waals surface area contributed by atoms with Crippen molar-refractivity contribution in [2.24, 2.45) is 0 Å². The normalized spacial score (nSPS) is 12.3. The van der Waals surface area contributed by atoms with Crippen LogP contribution in [-0.2, 0) is 0 Å². The molecule has 0 aliphatic heterocycles. The molecule has 1 heterocycles. The summed E-state index contributed by atoms with van der Waals surface area (Å²) in [6.07, 6.45) is 0. The quantitative estimate of drug-likeness (QED) is 0.687. The van der Waals surface area contributed by atoms with E-state index in [1.165, 1.54) is 5.56 Å². The van der Waals surface area contributed by atoms with Crippen LogP contribution in [0.1, 0.15) is 29.8 Å². The van der Waals surface area contributed by atoms with E-state index in [1.54, 1.807) is 0 Å². The summed E-state index contributed by atoms with van der Waals surface area (Å²) in [5.74, 6) is 0.305. The van der Waals surface area contributed by atoms with E-state index < -0.39 is 0 Å². The molecular formula is C18H18N2. The van der Waals surface area contributed by atoms with Crippen molar-refractivity contribution in [2.75, 3.05) is 0 Å². The summed E-state index contributed by atoms with van der Waals surface area (Å²) >= 11 is 0. The lowest BCUT2D eigenvalue weighted by molar-refractivity contribution is 0.782. The van der Waals surface area contributed by atoms with Crippen molar-refractivity contribution in [2.45, 2.75) is 19.8 Å². The Kier molecular flexibility index (Phi) is 3.38. The van der Waals surface area contributed by atoms with Gasteiger partial charge in [-0.15, -0.1) is 0 Å². The minimum absolute atomic E-state index is 0.305. The molecule has 2 nitrogen and oxygen atoms in total. The lowest BCUT2D eigenvalue weighted by atomic mass is 9.98. The third-order valence-corrected chi connectivity index (χ3v) is 3.65. The molecule has 2 aromatic carbocycles. The molecule has 0 spiro atoms. The molecule has 0 amide bonds. The summed E-state index contributed by atoms with van der Waals surface area (Å²) < 4.78 is 2.01. The first kappa shape index (κ1) is 12.7. The largest absolute Gasteiger partial charge is 0.238 e. The zero-order valence-electron chi connectivity index (χ0n) is 11.8. The highest BCUT2D eigenvalue weighted by molar-refractivity contribution is 5.35. The van der Waals surface area contributed by atoms with Crippen molar-refractivity contribution < 1.29 is 0 Å². The number of aryl methyl sites for hydroxylation is 1. The van der Waals surface area contributed by atoms with E-state index in [0.717, 1.165) is 17.1 Å². The van der Waals surface area contributed by atoms with E-state index >= 15 is 0 Å². The number of para-hydroxylation sites is 1. The molecule has 0 N–H and O–H groups in total. The van der Waals surface area contributed by atoms with Crippen LogP contribution >= 0.6 is 0 Å². The summed E-state index contributed by atoms with van der Waals surface area (Å²) in [6, 6.07) is 22.9. The smallest absolute Gasteiger partial charge is 0.0703 e. The number of benzene rings is 2. The predicted molar refractivity (Wildman–Crippen MR) is 82.3 cm³/mol. The van der Waals surface area contributed by atoms with Gasteiger partial charge in [0.1, 0.15) is 0 Å². The highest BCUT2D eigenvalue weighted by Gasteiger charge is 2.13. The van der Waals surface area contributed by atoms with Gasteiger partial charge in [0.15, 0.2) is 0 Å². The molecule has 1 aromatic heterocycles. The van der Waals surface area contributed by atoms with E-state index in [9.17, 15) is 0 Å². The number of hydrogen-bond acceptors (Lipinski definition) is 1. The van der Waals surface area contributed by atoms with Crippen molar-refractivity contribution in [3.05, 3.63) is 83.7 Å². The van der Waals surface area contributed by atoms with Gasteiger partial charge in [0.2, 0.25) is 0 Å².